The van der Waals surface area contributed by atoms with E-state index in [9.17, 15) is 9.59 Å². The predicted molar refractivity (Wildman–Crippen MR) is 39.1 cm³/mol. The number of primary amides is 1. The number of amides is 1. The molecule has 1 unspecified atom stereocenters. The zero-order valence-electron chi connectivity index (χ0n) is 5.78. The first kappa shape index (κ1) is 7.53. The molecule has 0 fully saturated rings. The number of nitrogens with two attached hydrogens (primary N) is 2. The highest BCUT2D eigenvalue weighted by Gasteiger charge is 2.24. The molecule has 0 saturated carbocycles. The molecule has 0 bridgehead atoms. The van der Waals surface area contributed by atoms with Gasteiger partial charge in [0.1, 0.15) is 5.92 Å². The van der Waals surface area contributed by atoms with Gasteiger partial charge in [-0.25, -0.2) is 0 Å². The van der Waals surface area contributed by atoms with Gasteiger partial charge < -0.3 is 11.5 Å². The molecule has 1 atom stereocenters. The molecule has 4 heteroatoms. The van der Waals surface area contributed by atoms with Gasteiger partial charge >= 0.3 is 0 Å². The van der Waals surface area contributed by atoms with Crippen LogP contribution in [0.5, 0.6) is 0 Å². The highest BCUT2D eigenvalue weighted by molar-refractivity contribution is 6.11. The van der Waals surface area contributed by atoms with Gasteiger partial charge in [0.2, 0.25) is 5.91 Å². The lowest BCUT2D eigenvalue weighted by Gasteiger charge is -2.10. The Labute approximate surface area is 63.5 Å². The minimum absolute atomic E-state index is 0.0799. The standard InChI is InChI=1S/C7H8N2O2/c8-5-3-1-2-4(6(5)10)7(9)11/h1-4H,8H2,(H2,9,11). The van der Waals surface area contributed by atoms with Gasteiger partial charge in [-0.2, -0.15) is 0 Å². The lowest BCUT2D eigenvalue weighted by molar-refractivity contribution is -0.128. The molecule has 4 nitrogen and oxygen atoms in total. The van der Waals surface area contributed by atoms with Crippen LogP contribution < -0.4 is 11.5 Å². The molecule has 1 aliphatic rings. The lowest BCUT2D eigenvalue weighted by atomic mass is 9.97. The average Bonchev–Trinajstić information content (AvgIpc) is 1.94. The van der Waals surface area contributed by atoms with Crippen LogP contribution in [0.4, 0.5) is 0 Å². The third kappa shape index (κ3) is 1.29. The molecule has 0 aromatic rings. The van der Waals surface area contributed by atoms with Crippen LogP contribution in [0.3, 0.4) is 0 Å². The number of carbonyl (C=O) groups excluding carboxylic acids is 2. The van der Waals surface area contributed by atoms with Crippen LogP contribution in [0.2, 0.25) is 0 Å². The highest BCUT2D eigenvalue weighted by Crippen LogP contribution is 2.09. The van der Waals surface area contributed by atoms with E-state index in [0.717, 1.165) is 0 Å². The zero-order chi connectivity index (χ0) is 8.43. The van der Waals surface area contributed by atoms with Gasteiger partial charge in [0.25, 0.3) is 0 Å². The summed E-state index contributed by atoms with van der Waals surface area (Å²) in [6, 6.07) is 0. The van der Waals surface area contributed by atoms with Crippen molar-refractivity contribution in [1.29, 1.82) is 0 Å². The molecular formula is C7H8N2O2. The number of Topliss-reactive ketones (excluding diaryl/α,β-unsaturated/α-hetero) is 1. The maximum absolute atomic E-state index is 11.0. The molecule has 0 spiro atoms. The van der Waals surface area contributed by atoms with Crippen LogP contribution >= 0.6 is 0 Å². The third-order valence-corrected chi connectivity index (χ3v) is 1.45. The predicted octanol–water partition coefficient (Wildman–Crippen LogP) is -0.931. The van der Waals surface area contributed by atoms with Crippen LogP contribution in [0.1, 0.15) is 0 Å². The van der Waals surface area contributed by atoms with Crippen molar-refractivity contribution >= 4 is 11.7 Å². The second-order valence-corrected chi connectivity index (χ2v) is 2.25. The summed E-state index contributed by atoms with van der Waals surface area (Å²) >= 11 is 0. The van der Waals surface area contributed by atoms with E-state index in [2.05, 4.69) is 0 Å². The summed E-state index contributed by atoms with van der Waals surface area (Å²) in [7, 11) is 0. The first-order chi connectivity index (χ1) is 5.13. The monoisotopic (exact) mass is 152 g/mol. The van der Waals surface area contributed by atoms with Gasteiger partial charge in [-0.05, 0) is 6.08 Å². The van der Waals surface area contributed by atoms with Gasteiger partial charge in [-0.1, -0.05) is 12.2 Å². The van der Waals surface area contributed by atoms with Crippen LogP contribution in [-0.4, -0.2) is 11.7 Å². The van der Waals surface area contributed by atoms with Crippen molar-refractivity contribution in [3.8, 4) is 0 Å². The first-order valence-electron chi connectivity index (χ1n) is 3.10. The summed E-state index contributed by atoms with van der Waals surface area (Å²) in [5.41, 5.74) is 10.3. The van der Waals surface area contributed by atoms with Crippen LogP contribution in [0.25, 0.3) is 0 Å². The summed E-state index contributed by atoms with van der Waals surface area (Å²) in [5.74, 6) is -1.96. The Morgan fingerprint density at radius 2 is 2.18 bits per heavy atom. The summed E-state index contributed by atoms with van der Waals surface area (Å²) in [6.07, 6.45) is 4.43. The molecular weight excluding hydrogens is 144 g/mol. The number of hydrogen-bond donors (Lipinski definition) is 2. The molecule has 0 saturated heterocycles. The van der Waals surface area contributed by atoms with Gasteiger partial charge in [0.05, 0.1) is 5.70 Å². The Bertz CT molecular complexity index is 266. The van der Waals surface area contributed by atoms with Crippen molar-refractivity contribution < 1.29 is 9.59 Å². The summed E-state index contributed by atoms with van der Waals surface area (Å²) in [6.45, 7) is 0. The zero-order valence-corrected chi connectivity index (χ0v) is 5.78. The Kier molecular flexibility index (Phi) is 1.76. The van der Waals surface area contributed by atoms with Crippen molar-refractivity contribution in [2.75, 3.05) is 0 Å². The van der Waals surface area contributed by atoms with E-state index in [1.165, 1.54) is 12.2 Å². The lowest BCUT2D eigenvalue weighted by Crippen LogP contribution is -2.33. The van der Waals surface area contributed by atoms with Crippen molar-refractivity contribution in [2.24, 2.45) is 17.4 Å². The second-order valence-electron chi connectivity index (χ2n) is 2.25. The molecule has 0 radical (unpaired) electrons. The minimum Gasteiger partial charge on any atom is -0.396 e. The topological polar surface area (TPSA) is 86.2 Å². The second kappa shape index (κ2) is 2.57. The van der Waals surface area contributed by atoms with E-state index < -0.39 is 17.6 Å². The maximum atomic E-state index is 11.0. The van der Waals surface area contributed by atoms with Gasteiger partial charge in [0.15, 0.2) is 5.78 Å². The number of allylic oxidation sites excluding steroid dienone is 3. The van der Waals surface area contributed by atoms with Crippen molar-refractivity contribution in [3.63, 3.8) is 0 Å². The Hall–Kier alpha value is -1.58. The fourth-order valence-electron chi connectivity index (χ4n) is 0.843. The van der Waals surface area contributed by atoms with Gasteiger partial charge in [-0.3, -0.25) is 9.59 Å². The van der Waals surface area contributed by atoms with Crippen LogP contribution in [0.15, 0.2) is 23.9 Å². The van der Waals surface area contributed by atoms with Crippen molar-refractivity contribution in [3.05, 3.63) is 23.9 Å². The molecule has 0 aromatic heterocycles. The SMILES string of the molecule is NC(=O)C1C=CC=C(N)C1=O. The molecule has 58 valence electrons. The molecule has 1 rings (SSSR count). The van der Waals surface area contributed by atoms with E-state index in [1.807, 2.05) is 0 Å². The molecule has 0 aromatic carbocycles. The Morgan fingerprint density at radius 3 is 2.64 bits per heavy atom. The van der Waals surface area contributed by atoms with Crippen molar-refractivity contribution in [1.82, 2.24) is 0 Å². The van der Waals surface area contributed by atoms with E-state index in [1.54, 1.807) is 6.08 Å². The molecule has 1 aliphatic carbocycles. The molecule has 11 heavy (non-hydrogen) atoms. The molecule has 1 amide bonds. The average molecular weight is 152 g/mol. The van der Waals surface area contributed by atoms with E-state index in [-0.39, 0.29) is 5.70 Å². The van der Waals surface area contributed by atoms with E-state index in [4.69, 9.17) is 11.5 Å². The quantitative estimate of drug-likeness (QED) is 0.476. The van der Waals surface area contributed by atoms with Crippen LogP contribution in [0, 0.1) is 5.92 Å². The number of ketones is 1. The van der Waals surface area contributed by atoms with Crippen molar-refractivity contribution in [2.45, 2.75) is 0 Å². The fraction of sp³-hybridized carbons (Fsp3) is 0.143. The third-order valence-electron chi connectivity index (χ3n) is 1.45. The minimum atomic E-state index is -0.875. The largest absolute Gasteiger partial charge is 0.396 e. The van der Waals surface area contributed by atoms with E-state index in [0.29, 0.717) is 0 Å². The van der Waals surface area contributed by atoms with Gasteiger partial charge in [-0.15, -0.1) is 0 Å². The number of rotatable bonds is 1. The van der Waals surface area contributed by atoms with E-state index >= 15 is 0 Å². The highest BCUT2D eigenvalue weighted by atomic mass is 16.2. The normalized spacial score (nSPS) is 23.1. The summed E-state index contributed by atoms with van der Waals surface area (Å²) in [5, 5.41) is 0. The van der Waals surface area contributed by atoms with Gasteiger partial charge in [0, 0.05) is 0 Å². The summed E-state index contributed by atoms with van der Waals surface area (Å²) < 4.78 is 0. The molecule has 4 N–H and O–H groups in total. The smallest absolute Gasteiger partial charge is 0.232 e. The fourth-order valence-corrected chi connectivity index (χ4v) is 0.843. The maximum Gasteiger partial charge on any atom is 0.232 e. The Morgan fingerprint density at radius 1 is 1.55 bits per heavy atom. The Balaban J connectivity index is 2.90. The molecule has 0 aliphatic heterocycles. The number of hydrogen-bond acceptors (Lipinski definition) is 3. The summed E-state index contributed by atoms with van der Waals surface area (Å²) in [4.78, 5) is 21.6. The first-order valence-corrected chi connectivity index (χ1v) is 3.10. The van der Waals surface area contributed by atoms with Crippen LogP contribution in [-0.2, 0) is 9.59 Å². The number of carbonyl (C=O) groups is 2. The molecule has 0 heterocycles.